The first-order valence-electron chi connectivity index (χ1n) is 11.0. The lowest BCUT2D eigenvalue weighted by atomic mass is 9.93. The molecular formula is C25H27N5O4. The minimum Gasteiger partial charge on any atom is -0.495 e. The second-order valence-electron chi connectivity index (χ2n) is 8.20. The molecule has 9 nitrogen and oxygen atoms in total. The third-order valence-electron chi connectivity index (χ3n) is 5.59. The maximum absolute atomic E-state index is 13.0. The fourth-order valence-corrected chi connectivity index (χ4v) is 3.87. The summed E-state index contributed by atoms with van der Waals surface area (Å²) in [5.41, 5.74) is 1.98. The summed E-state index contributed by atoms with van der Waals surface area (Å²) in [6.07, 6.45) is 4.38. The van der Waals surface area contributed by atoms with Crippen LogP contribution in [-0.4, -0.2) is 47.8 Å². The van der Waals surface area contributed by atoms with E-state index in [2.05, 4.69) is 25.9 Å². The number of aromatic nitrogens is 2. The largest absolute Gasteiger partial charge is 0.495 e. The van der Waals surface area contributed by atoms with Crippen LogP contribution in [0.25, 0.3) is 0 Å². The van der Waals surface area contributed by atoms with E-state index in [0.717, 1.165) is 24.2 Å². The molecule has 9 heteroatoms. The molecule has 1 saturated heterocycles. The predicted octanol–water partition coefficient (Wildman–Crippen LogP) is 3.57. The lowest BCUT2D eigenvalue weighted by Gasteiger charge is -2.28. The highest BCUT2D eigenvalue weighted by atomic mass is 16.6. The van der Waals surface area contributed by atoms with Crippen LogP contribution in [0.4, 0.5) is 16.3 Å². The first-order valence-corrected chi connectivity index (χ1v) is 11.0. The van der Waals surface area contributed by atoms with Crippen molar-refractivity contribution in [2.45, 2.75) is 25.4 Å². The molecule has 0 spiro atoms. The van der Waals surface area contributed by atoms with E-state index >= 15 is 0 Å². The number of rotatable bonds is 7. The van der Waals surface area contributed by atoms with E-state index in [1.807, 2.05) is 30.3 Å². The minimum absolute atomic E-state index is 0.316. The van der Waals surface area contributed by atoms with Crippen molar-refractivity contribution in [3.63, 3.8) is 0 Å². The number of aryl methyl sites for hydroxylation is 1. The van der Waals surface area contributed by atoms with E-state index in [-0.39, 0.29) is 0 Å². The van der Waals surface area contributed by atoms with Crippen LogP contribution in [0.3, 0.4) is 0 Å². The second kappa shape index (κ2) is 10.3. The van der Waals surface area contributed by atoms with Crippen LogP contribution in [0.5, 0.6) is 5.75 Å². The zero-order valence-electron chi connectivity index (χ0n) is 19.1. The molecule has 1 fully saturated rings. The first kappa shape index (κ1) is 23.2. The van der Waals surface area contributed by atoms with Gasteiger partial charge in [-0.15, -0.1) is 0 Å². The van der Waals surface area contributed by atoms with Gasteiger partial charge in [0.05, 0.1) is 36.4 Å². The molecule has 0 radical (unpaired) electrons. The molecule has 34 heavy (non-hydrogen) atoms. The Labute approximate surface area is 197 Å². The number of hydrogen-bond donors (Lipinski definition) is 3. The van der Waals surface area contributed by atoms with Crippen LogP contribution < -0.4 is 20.7 Å². The number of carbonyl (C=O) groups is 2. The number of nitrogens with zero attached hydrogens (tertiary/aromatic N) is 2. The maximum Gasteiger partial charge on any atom is 0.338 e. The van der Waals surface area contributed by atoms with Gasteiger partial charge in [0.15, 0.2) is 5.82 Å². The fraction of sp³-hybridized carbons (Fsp3) is 0.280. The number of benzene rings is 2. The molecule has 2 aromatic carbocycles. The first-order chi connectivity index (χ1) is 16.5. The standard InChI is InChI=1S/C25H27N5O4/c1-17-14-28-22(15-27-17)30-24(32)29-20-9-8-19(12-21(20)33-2)23(31)34-25(10-11-26-16-25)13-18-6-4-3-5-7-18/h3-9,12,14-15,26H,10-11,13,16H2,1-2H3,(H2,28,29,30,32). The summed E-state index contributed by atoms with van der Waals surface area (Å²) >= 11 is 0. The molecule has 2 heterocycles. The summed E-state index contributed by atoms with van der Waals surface area (Å²) in [6, 6.07) is 14.2. The molecule has 1 aromatic heterocycles. The molecule has 3 aromatic rings. The van der Waals surface area contributed by atoms with Gasteiger partial charge in [-0.05, 0) is 37.2 Å². The van der Waals surface area contributed by atoms with Crippen LogP contribution >= 0.6 is 0 Å². The number of anilines is 2. The molecular weight excluding hydrogens is 434 g/mol. The Bertz CT molecular complexity index is 1150. The van der Waals surface area contributed by atoms with E-state index < -0.39 is 17.6 Å². The Morgan fingerprint density at radius 1 is 1.09 bits per heavy atom. The second-order valence-corrected chi connectivity index (χ2v) is 8.20. The molecule has 0 saturated carbocycles. The molecule has 1 aliphatic rings. The predicted molar refractivity (Wildman–Crippen MR) is 128 cm³/mol. The topological polar surface area (TPSA) is 114 Å². The third-order valence-corrected chi connectivity index (χ3v) is 5.59. The minimum atomic E-state index is -0.614. The summed E-state index contributed by atoms with van der Waals surface area (Å²) in [4.78, 5) is 33.6. The summed E-state index contributed by atoms with van der Waals surface area (Å²) in [6.45, 7) is 3.18. The van der Waals surface area contributed by atoms with Crippen LogP contribution in [0.1, 0.15) is 28.0 Å². The number of ether oxygens (including phenoxy) is 2. The van der Waals surface area contributed by atoms with E-state index in [9.17, 15) is 9.59 Å². The smallest absolute Gasteiger partial charge is 0.338 e. The molecule has 1 aliphatic heterocycles. The van der Waals surface area contributed by atoms with Crippen molar-refractivity contribution < 1.29 is 19.1 Å². The van der Waals surface area contributed by atoms with Crippen LogP contribution in [0.2, 0.25) is 0 Å². The number of amides is 2. The van der Waals surface area contributed by atoms with Gasteiger partial charge in [0.2, 0.25) is 0 Å². The lowest BCUT2D eigenvalue weighted by molar-refractivity contribution is -0.00868. The average molecular weight is 462 g/mol. The SMILES string of the molecule is COc1cc(C(=O)OC2(Cc3ccccc3)CCNC2)ccc1NC(=O)Nc1cnc(C)cn1. The Balaban J connectivity index is 1.45. The van der Waals surface area contributed by atoms with E-state index in [1.165, 1.54) is 13.3 Å². The Morgan fingerprint density at radius 3 is 2.59 bits per heavy atom. The van der Waals surface area contributed by atoms with Gasteiger partial charge in [-0.25, -0.2) is 14.6 Å². The molecule has 3 N–H and O–H groups in total. The normalized spacial score (nSPS) is 17.1. The molecule has 1 unspecified atom stereocenters. The average Bonchev–Trinajstić information content (AvgIpc) is 3.29. The molecule has 0 aliphatic carbocycles. The zero-order valence-corrected chi connectivity index (χ0v) is 19.1. The van der Waals surface area contributed by atoms with Gasteiger partial charge in [-0.3, -0.25) is 10.3 Å². The van der Waals surface area contributed by atoms with Crippen LogP contribution in [-0.2, 0) is 11.2 Å². The Kier molecular flexibility index (Phi) is 7.03. The van der Waals surface area contributed by atoms with Gasteiger partial charge < -0.3 is 20.1 Å². The molecule has 0 bridgehead atoms. The Morgan fingerprint density at radius 2 is 1.91 bits per heavy atom. The van der Waals surface area contributed by atoms with Crippen LogP contribution in [0, 0.1) is 6.92 Å². The molecule has 4 rings (SSSR count). The highest BCUT2D eigenvalue weighted by molar-refractivity contribution is 6.00. The van der Waals surface area contributed by atoms with Crippen molar-refractivity contribution in [1.29, 1.82) is 0 Å². The van der Waals surface area contributed by atoms with Gasteiger partial charge in [0, 0.05) is 19.4 Å². The summed E-state index contributed by atoms with van der Waals surface area (Å²) in [5.74, 6) is 0.210. The summed E-state index contributed by atoms with van der Waals surface area (Å²) in [5, 5.41) is 8.60. The summed E-state index contributed by atoms with van der Waals surface area (Å²) < 4.78 is 11.4. The van der Waals surface area contributed by atoms with Crippen LogP contribution in [0.15, 0.2) is 60.9 Å². The number of esters is 1. The number of carbonyl (C=O) groups excluding carboxylic acids is 2. The summed E-state index contributed by atoms with van der Waals surface area (Å²) in [7, 11) is 1.47. The third kappa shape index (κ3) is 5.68. The highest BCUT2D eigenvalue weighted by Crippen LogP contribution is 2.30. The van der Waals surface area contributed by atoms with Gasteiger partial charge in [0.1, 0.15) is 11.4 Å². The van der Waals surface area contributed by atoms with E-state index in [4.69, 9.17) is 9.47 Å². The fourth-order valence-electron chi connectivity index (χ4n) is 3.87. The maximum atomic E-state index is 13.0. The molecule has 1 atom stereocenters. The number of hydrogen-bond acceptors (Lipinski definition) is 7. The van der Waals surface area contributed by atoms with E-state index in [1.54, 1.807) is 31.3 Å². The molecule has 176 valence electrons. The number of methoxy groups -OCH3 is 1. The highest BCUT2D eigenvalue weighted by Gasteiger charge is 2.38. The van der Waals surface area contributed by atoms with Crippen molar-refractivity contribution >= 4 is 23.5 Å². The van der Waals surface area contributed by atoms with Crippen molar-refractivity contribution in [3.05, 3.63) is 77.7 Å². The van der Waals surface area contributed by atoms with Crippen molar-refractivity contribution in [2.75, 3.05) is 30.8 Å². The van der Waals surface area contributed by atoms with Gasteiger partial charge in [-0.2, -0.15) is 0 Å². The quantitative estimate of drug-likeness (QED) is 0.461. The Hall–Kier alpha value is -3.98. The van der Waals surface area contributed by atoms with E-state index in [0.29, 0.717) is 35.8 Å². The number of urea groups is 1. The number of nitrogens with one attached hydrogen (secondary N) is 3. The van der Waals surface area contributed by atoms with Gasteiger partial charge in [0.25, 0.3) is 0 Å². The van der Waals surface area contributed by atoms with Gasteiger partial charge in [-0.1, -0.05) is 30.3 Å². The van der Waals surface area contributed by atoms with Crippen molar-refractivity contribution in [3.8, 4) is 5.75 Å². The molecule has 2 amide bonds. The van der Waals surface area contributed by atoms with Crippen molar-refractivity contribution in [2.24, 2.45) is 0 Å². The van der Waals surface area contributed by atoms with Crippen molar-refractivity contribution in [1.82, 2.24) is 15.3 Å². The van der Waals surface area contributed by atoms with Gasteiger partial charge >= 0.3 is 12.0 Å². The lowest BCUT2D eigenvalue weighted by Crippen LogP contribution is -2.39. The zero-order chi connectivity index (χ0) is 24.0. The monoisotopic (exact) mass is 461 g/mol.